The number of nitrogens with zero attached hydrogens (tertiary/aromatic N) is 1. The van der Waals surface area contributed by atoms with E-state index in [2.05, 4.69) is 127 Å². The number of ketones is 1. The Morgan fingerprint density at radius 3 is 1.84 bits per heavy atom. The normalized spacial score (nSPS) is 13.8. The molecule has 2 rings (SSSR count). The number of allylic oxidation sites excluding steroid dienone is 1. The SMILES string of the molecule is C=C(C(=O)NCC=O)C(CCC)NC=O.C=C(C)C(C)C1CCCCC1.C=CC(NC)c1ccccc1.CC.CCCC(C)=O.CCCCSC(C)(CC)CCC.CCN(C)C. The molecule has 1 aliphatic carbocycles. The molecular weight excluding hydrogens is 789 g/mol. The van der Waals surface area contributed by atoms with Crippen LogP contribution in [-0.2, 0) is 19.2 Å². The van der Waals surface area contributed by atoms with E-state index in [0.717, 1.165) is 37.6 Å². The number of rotatable bonds is 23. The van der Waals surface area contributed by atoms with Gasteiger partial charge >= 0.3 is 0 Å². The molecule has 4 unspecified atom stereocenters. The smallest absolute Gasteiger partial charge is 0.249 e. The van der Waals surface area contributed by atoms with Gasteiger partial charge in [-0.2, -0.15) is 11.8 Å². The van der Waals surface area contributed by atoms with E-state index >= 15 is 0 Å². The Morgan fingerprint density at radius 2 is 1.48 bits per heavy atom. The molecule has 1 saturated carbocycles. The summed E-state index contributed by atoms with van der Waals surface area (Å²) in [5, 5.41) is 8.03. The summed E-state index contributed by atoms with van der Waals surface area (Å²) in [7, 11) is 6.04. The lowest BCUT2D eigenvalue weighted by molar-refractivity contribution is -0.119. The van der Waals surface area contributed by atoms with Crippen LogP contribution in [-0.4, -0.2) is 80.1 Å². The minimum atomic E-state index is -0.408. The minimum Gasteiger partial charge on any atom is -0.352 e. The van der Waals surface area contributed by atoms with Gasteiger partial charge in [0.2, 0.25) is 12.3 Å². The Hall–Kier alpha value is -3.01. The van der Waals surface area contributed by atoms with Gasteiger partial charge in [-0.1, -0.05) is 163 Å². The molecule has 1 aromatic rings. The number of hydrogen-bond donors (Lipinski definition) is 3. The van der Waals surface area contributed by atoms with E-state index in [4.69, 9.17) is 0 Å². The number of hydrogen-bond acceptors (Lipinski definition) is 7. The molecule has 0 aliphatic heterocycles. The van der Waals surface area contributed by atoms with Gasteiger partial charge < -0.3 is 30.4 Å². The molecule has 4 atom stereocenters. The summed E-state index contributed by atoms with van der Waals surface area (Å²) in [6.45, 7) is 37.9. The Bertz CT molecular complexity index is 1220. The predicted octanol–water partition coefficient (Wildman–Crippen LogP) is 13.1. The number of carbonyl (C=O) groups is 4. The highest BCUT2D eigenvalue weighted by atomic mass is 32.2. The van der Waals surface area contributed by atoms with Crippen molar-refractivity contribution in [2.24, 2.45) is 11.8 Å². The molecule has 0 radical (unpaired) electrons. The van der Waals surface area contributed by atoms with Gasteiger partial charge in [-0.25, -0.2) is 0 Å². The number of amides is 2. The second-order valence-corrected chi connectivity index (χ2v) is 17.8. The number of likely N-dealkylation sites (N-methyl/N-ethyl adjacent to an activating group) is 1. The Kier molecular flexibility index (Phi) is 53.8. The van der Waals surface area contributed by atoms with Crippen LogP contribution in [0.4, 0.5) is 0 Å². The van der Waals surface area contributed by atoms with Gasteiger partial charge in [0.15, 0.2) is 0 Å². The molecule has 0 bridgehead atoms. The van der Waals surface area contributed by atoms with Crippen LogP contribution in [0.1, 0.15) is 185 Å². The molecule has 1 aromatic carbocycles. The van der Waals surface area contributed by atoms with Gasteiger partial charge in [0.05, 0.1) is 18.6 Å². The lowest BCUT2D eigenvalue weighted by Crippen LogP contribution is -2.37. The molecule has 1 aliphatic rings. The molecule has 0 spiro atoms. The third kappa shape index (κ3) is 42.3. The molecule has 2 amide bonds. The maximum Gasteiger partial charge on any atom is 0.249 e. The Balaban J connectivity index is -0.000000214. The second-order valence-electron chi connectivity index (χ2n) is 16.1. The standard InChI is InChI=1S/C11H24S.C11H20.C10H16N2O3.C10H13N.C5H10O.C4H11N.C2H6/c1-5-8-10-12-11(4,7-3)9-6-2;1-9(2)10(3)11-7-5-4-6-8-11;1-3-4-9(12-7-14)8(2)10(15)11-5-6-13;1-3-10(11-2)9-7-5-4-6-8-9;1-3-4-5(2)6;1-4-5(2)3;1-2/h5-10H2,1-4H3;10-11H,1,4-8H2,2-3H3;6-7,9H,2-5H2,1H3,(H,11,15)(H,12,14);3-8,10-11H,1H2,2H3;3-4H2,1-2H3;4H2,1-3H3;1-2H3. The number of Topliss-reactive ketones (excluding diaryl/α,β-unsaturated/α-hetero) is 1. The zero-order valence-electron chi connectivity index (χ0n) is 43.1. The lowest BCUT2D eigenvalue weighted by Gasteiger charge is -2.27. The number of carbonyl (C=O) groups excluding carboxylic acids is 4. The van der Waals surface area contributed by atoms with E-state index in [-0.39, 0.29) is 30.0 Å². The number of aldehydes is 1. The van der Waals surface area contributed by atoms with Gasteiger partial charge in [-0.05, 0) is 110 Å². The number of benzene rings is 1. The molecule has 9 heteroatoms. The van der Waals surface area contributed by atoms with Crippen LogP contribution in [0.15, 0.2) is 67.3 Å². The fraction of sp³-hybridized carbons (Fsp3) is 0.698. The van der Waals surface area contributed by atoms with Crippen molar-refractivity contribution >= 4 is 36.1 Å². The highest BCUT2D eigenvalue weighted by Crippen LogP contribution is 2.34. The number of thioether (sulfide) groups is 1. The topological polar surface area (TPSA) is 108 Å². The third-order valence-corrected chi connectivity index (χ3v) is 12.1. The maximum atomic E-state index is 11.4. The monoisotopic (exact) mass is 889 g/mol. The van der Waals surface area contributed by atoms with Gasteiger partial charge in [0.25, 0.3) is 0 Å². The number of unbranched alkanes of at least 4 members (excludes halogenated alkanes) is 1. The van der Waals surface area contributed by atoms with Crippen LogP contribution >= 0.6 is 11.8 Å². The quantitative estimate of drug-likeness (QED) is 0.0435. The van der Waals surface area contributed by atoms with Crippen LogP contribution in [0.3, 0.4) is 0 Å². The van der Waals surface area contributed by atoms with Crippen molar-refractivity contribution in [2.75, 3.05) is 40.0 Å². The van der Waals surface area contributed by atoms with Crippen LogP contribution < -0.4 is 16.0 Å². The van der Waals surface area contributed by atoms with Gasteiger partial charge in [-0.15, -0.1) is 6.58 Å². The fourth-order valence-electron chi connectivity index (χ4n) is 5.95. The van der Waals surface area contributed by atoms with Crippen molar-refractivity contribution in [1.29, 1.82) is 0 Å². The van der Waals surface area contributed by atoms with Crippen LogP contribution in [0.2, 0.25) is 0 Å². The summed E-state index contributed by atoms with van der Waals surface area (Å²) >= 11 is 2.17. The van der Waals surface area contributed by atoms with E-state index in [1.54, 1.807) is 6.92 Å². The van der Waals surface area contributed by atoms with Crippen molar-refractivity contribution in [3.05, 3.63) is 72.9 Å². The van der Waals surface area contributed by atoms with E-state index < -0.39 is 5.91 Å². The third-order valence-electron chi connectivity index (χ3n) is 10.5. The van der Waals surface area contributed by atoms with Gasteiger partial charge in [-0.3, -0.25) is 9.59 Å². The summed E-state index contributed by atoms with van der Waals surface area (Å²) in [4.78, 5) is 43.9. The molecule has 0 saturated heterocycles. The van der Waals surface area contributed by atoms with Crippen molar-refractivity contribution in [2.45, 2.75) is 190 Å². The summed E-state index contributed by atoms with van der Waals surface area (Å²) in [6.07, 6.45) is 20.2. The summed E-state index contributed by atoms with van der Waals surface area (Å²) in [5.41, 5.74) is 2.90. The van der Waals surface area contributed by atoms with Crippen molar-refractivity contribution < 1.29 is 19.2 Å². The summed E-state index contributed by atoms with van der Waals surface area (Å²) < 4.78 is 0.559. The minimum absolute atomic E-state index is 0.0439. The van der Waals surface area contributed by atoms with Crippen LogP contribution in [0, 0.1) is 11.8 Å². The van der Waals surface area contributed by atoms with E-state index in [1.165, 1.54) is 81.1 Å². The molecule has 1 fully saturated rings. The molecule has 362 valence electrons. The van der Waals surface area contributed by atoms with E-state index in [9.17, 15) is 19.2 Å². The first kappa shape index (κ1) is 68.1. The number of nitrogens with one attached hydrogen (secondary N) is 3. The molecular formula is C53H100N4O4S. The van der Waals surface area contributed by atoms with Gasteiger partial charge in [0.1, 0.15) is 12.1 Å². The first-order valence-electron chi connectivity index (χ1n) is 23.9. The zero-order valence-corrected chi connectivity index (χ0v) is 43.9. The lowest BCUT2D eigenvalue weighted by atomic mass is 9.78. The highest BCUT2D eigenvalue weighted by Gasteiger charge is 2.21. The first-order valence-corrected chi connectivity index (χ1v) is 24.9. The first-order chi connectivity index (χ1) is 29.5. The van der Waals surface area contributed by atoms with Crippen molar-refractivity contribution in [3.63, 3.8) is 0 Å². The largest absolute Gasteiger partial charge is 0.352 e. The molecule has 3 N–H and O–H groups in total. The zero-order chi connectivity index (χ0) is 48.8. The Morgan fingerprint density at radius 1 is 0.919 bits per heavy atom. The average molecular weight is 889 g/mol. The average Bonchev–Trinajstić information content (AvgIpc) is 3.28. The van der Waals surface area contributed by atoms with Crippen LogP contribution in [0.25, 0.3) is 0 Å². The van der Waals surface area contributed by atoms with Gasteiger partial charge in [0, 0.05) is 16.7 Å². The molecule has 62 heavy (non-hydrogen) atoms. The maximum absolute atomic E-state index is 11.4. The van der Waals surface area contributed by atoms with Crippen molar-refractivity contribution in [1.82, 2.24) is 20.9 Å². The van der Waals surface area contributed by atoms with E-state index in [1.807, 2.05) is 59.0 Å². The summed E-state index contributed by atoms with van der Waals surface area (Å²) in [6, 6.07) is 10.2. The molecule has 0 heterocycles. The van der Waals surface area contributed by atoms with Crippen molar-refractivity contribution in [3.8, 4) is 0 Å². The van der Waals surface area contributed by atoms with Crippen LogP contribution in [0.5, 0.6) is 0 Å². The highest BCUT2D eigenvalue weighted by molar-refractivity contribution is 8.00. The molecule has 8 nitrogen and oxygen atoms in total. The predicted molar refractivity (Wildman–Crippen MR) is 277 cm³/mol. The second kappa shape index (κ2) is 49.0. The molecule has 0 aromatic heterocycles. The Labute approximate surface area is 389 Å². The van der Waals surface area contributed by atoms with E-state index in [0.29, 0.717) is 23.9 Å². The fourth-order valence-corrected chi connectivity index (χ4v) is 7.43. The summed E-state index contributed by atoms with van der Waals surface area (Å²) in [5.74, 6) is 2.94.